The number of fused-ring (bicyclic) bond motifs is 6. The van der Waals surface area contributed by atoms with Gasteiger partial charge in [-0.2, -0.15) is 0 Å². The van der Waals surface area contributed by atoms with Crippen molar-refractivity contribution in [1.29, 1.82) is 0 Å². The smallest absolute Gasteiger partial charge is 0.166 e. The lowest BCUT2D eigenvalue weighted by Crippen LogP contribution is -2.05. The summed E-state index contributed by atoms with van der Waals surface area (Å²) in [7, 11) is 0. The molecule has 0 saturated heterocycles. The van der Waals surface area contributed by atoms with Crippen molar-refractivity contribution in [3.8, 4) is 51.0 Å². The monoisotopic (exact) mass is 658 g/mol. The number of hydrogen-bond acceptors (Lipinski definition) is 3. The Kier molecular flexibility index (Phi) is 5.12. The summed E-state index contributed by atoms with van der Waals surface area (Å²) in [6.07, 6.45) is 0. The first-order chi connectivity index (χ1) is 28.6. The van der Waals surface area contributed by atoms with E-state index in [1.807, 2.05) is 91.0 Å². The molecule has 4 nitrogen and oxygen atoms in total. The molecule has 0 N–H and O–H groups in total. The summed E-state index contributed by atoms with van der Waals surface area (Å²) in [5, 5.41) is 4.17. The zero-order valence-corrected chi connectivity index (χ0v) is 27.0. The van der Waals surface area contributed by atoms with E-state index in [4.69, 9.17) is 23.2 Å². The van der Waals surface area contributed by atoms with Crippen molar-refractivity contribution in [3.63, 3.8) is 0 Å². The molecule has 2 aromatic heterocycles. The highest BCUT2D eigenvalue weighted by Crippen LogP contribution is 2.42. The van der Waals surface area contributed by atoms with E-state index >= 15 is 0 Å². The van der Waals surface area contributed by atoms with E-state index in [1.54, 1.807) is 6.07 Å². The first kappa shape index (κ1) is 21.9. The molecule has 238 valence electrons. The maximum absolute atomic E-state index is 9.28. The quantitative estimate of drug-likeness (QED) is 0.173. The summed E-state index contributed by atoms with van der Waals surface area (Å²) < 4.78 is 73.0. The topological polar surface area (TPSA) is 43.6 Å². The molecule has 0 saturated carbocycles. The van der Waals surface area contributed by atoms with Gasteiger partial charge in [0.25, 0.3) is 0 Å². The molecule has 8 aromatic carbocycles. The first-order valence-electron chi connectivity index (χ1n) is 20.6. The predicted octanol–water partition coefficient (Wildman–Crippen LogP) is 11.9. The number of para-hydroxylation sites is 2. The lowest BCUT2D eigenvalue weighted by molar-refractivity contribution is 1.06. The predicted molar refractivity (Wildman–Crippen MR) is 211 cm³/mol. The minimum Gasteiger partial charge on any atom is -0.308 e. The number of rotatable bonds is 5. The number of hydrogen-bond donors (Lipinski definition) is 0. The van der Waals surface area contributed by atoms with Gasteiger partial charge in [-0.3, -0.25) is 0 Å². The molecule has 0 radical (unpaired) electrons. The molecule has 0 fully saturated rings. The van der Waals surface area contributed by atoms with Crippen molar-refractivity contribution >= 4 is 43.4 Å². The minimum absolute atomic E-state index is 0.00141. The summed E-state index contributed by atoms with van der Waals surface area (Å²) in [4.78, 5) is 15.2. The van der Waals surface area contributed by atoms with Crippen LogP contribution in [0.2, 0.25) is 0 Å². The van der Waals surface area contributed by atoms with Crippen LogP contribution >= 0.6 is 0 Å². The third-order valence-electron chi connectivity index (χ3n) is 9.30. The summed E-state index contributed by atoms with van der Waals surface area (Å²) in [6, 6.07) is 39.5. The van der Waals surface area contributed by atoms with Gasteiger partial charge in [0.1, 0.15) is 0 Å². The van der Waals surface area contributed by atoms with Crippen LogP contribution in [-0.2, 0) is 0 Å². The van der Waals surface area contributed by atoms with Crippen LogP contribution in [-0.4, -0.2) is 19.5 Å². The highest BCUT2D eigenvalue weighted by molar-refractivity contribution is 6.11. The third-order valence-corrected chi connectivity index (χ3v) is 9.30. The molecule has 0 unspecified atom stereocenters. The van der Waals surface area contributed by atoms with Crippen LogP contribution < -0.4 is 0 Å². The van der Waals surface area contributed by atoms with E-state index in [-0.39, 0.29) is 27.6 Å². The number of aromatic nitrogens is 4. The van der Waals surface area contributed by atoms with Gasteiger partial charge in [0.15, 0.2) is 17.5 Å². The van der Waals surface area contributed by atoms with Gasteiger partial charge in [-0.25, -0.2) is 15.0 Å². The van der Waals surface area contributed by atoms with Crippen LogP contribution in [0.15, 0.2) is 182 Å². The average Bonchev–Trinajstić information content (AvgIpc) is 3.65. The fourth-order valence-electron chi connectivity index (χ4n) is 6.95. The van der Waals surface area contributed by atoms with E-state index in [2.05, 4.69) is 36.4 Å². The van der Waals surface area contributed by atoms with Crippen molar-refractivity contribution in [2.75, 3.05) is 0 Å². The van der Waals surface area contributed by atoms with Crippen molar-refractivity contribution in [1.82, 2.24) is 19.5 Å². The third kappa shape index (κ3) is 4.88. The van der Waals surface area contributed by atoms with Crippen molar-refractivity contribution in [2.24, 2.45) is 0 Å². The van der Waals surface area contributed by atoms with E-state index in [9.17, 15) is 2.74 Å². The largest absolute Gasteiger partial charge is 0.308 e. The average molecular weight is 659 g/mol. The second-order valence-corrected chi connectivity index (χ2v) is 12.2. The Morgan fingerprint density at radius 2 is 0.961 bits per heavy atom. The zero-order valence-electron chi connectivity index (χ0n) is 35.0. The second kappa shape index (κ2) is 11.9. The Bertz CT molecular complexity index is 3230. The summed E-state index contributed by atoms with van der Waals surface area (Å²) >= 11 is 0. The Balaban J connectivity index is 1.41. The first-order valence-corrected chi connectivity index (χ1v) is 16.6. The van der Waals surface area contributed by atoms with Crippen LogP contribution in [0.4, 0.5) is 0 Å². The number of nitrogens with zero attached hydrogens (tertiary/aromatic N) is 4. The lowest BCUT2D eigenvalue weighted by Gasteiger charge is -2.19. The molecular formula is C47H30N4. The van der Waals surface area contributed by atoms with Gasteiger partial charge in [-0.1, -0.05) is 158 Å². The molecule has 0 bridgehead atoms. The zero-order chi connectivity index (χ0) is 40.7. The highest BCUT2D eigenvalue weighted by atomic mass is 15.1. The van der Waals surface area contributed by atoms with Gasteiger partial charge < -0.3 is 4.57 Å². The van der Waals surface area contributed by atoms with Gasteiger partial charge in [0.2, 0.25) is 0 Å². The fourth-order valence-corrected chi connectivity index (χ4v) is 6.95. The Hall–Kier alpha value is -6.91. The minimum atomic E-state index is -0.510. The van der Waals surface area contributed by atoms with Gasteiger partial charge in [0, 0.05) is 21.9 Å². The van der Waals surface area contributed by atoms with Gasteiger partial charge in [-0.15, -0.1) is 0 Å². The van der Waals surface area contributed by atoms with E-state index in [0.717, 1.165) is 38.2 Å². The van der Waals surface area contributed by atoms with Crippen LogP contribution in [0.5, 0.6) is 0 Å². The van der Waals surface area contributed by atoms with Crippen LogP contribution in [0, 0.1) is 0 Å². The maximum Gasteiger partial charge on any atom is 0.166 e. The van der Waals surface area contributed by atoms with E-state index < -0.39 is 48.3 Å². The summed E-state index contributed by atoms with van der Waals surface area (Å²) in [5.74, 6) is 1.04. The normalized spacial score (nSPS) is 13.7. The molecule has 4 heteroatoms. The molecule has 51 heavy (non-hydrogen) atoms. The fraction of sp³-hybridized carbons (Fsp3) is 0. The molecule has 10 aromatic rings. The number of benzene rings is 8. The van der Waals surface area contributed by atoms with Gasteiger partial charge >= 0.3 is 0 Å². The van der Waals surface area contributed by atoms with E-state index in [1.165, 1.54) is 4.57 Å². The Morgan fingerprint density at radius 1 is 0.412 bits per heavy atom. The van der Waals surface area contributed by atoms with E-state index in [0.29, 0.717) is 28.5 Å². The molecule has 0 aliphatic carbocycles. The molecule has 0 spiro atoms. The highest BCUT2D eigenvalue weighted by Gasteiger charge is 2.22. The molecule has 0 amide bonds. The molecule has 2 heterocycles. The van der Waals surface area contributed by atoms with Crippen molar-refractivity contribution in [3.05, 3.63) is 182 Å². The van der Waals surface area contributed by atoms with Crippen molar-refractivity contribution in [2.45, 2.75) is 0 Å². The van der Waals surface area contributed by atoms with Crippen LogP contribution in [0.25, 0.3) is 94.3 Å². The maximum atomic E-state index is 9.28. The summed E-state index contributed by atoms with van der Waals surface area (Å²) in [6.45, 7) is 0. The Morgan fingerprint density at radius 3 is 1.63 bits per heavy atom. The molecule has 0 atom stereocenters. The van der Waals surface area contributed by atoms with Gasteiger partial charge in [0.05, 0.1) is 33.3 Å². The van der Waals surface area contributed by atoms with Crippen LogP contribution in [0.1, 0.15) is 11.0 Å². The standard InChI is InChI=1S/C47H30N4/c1-3-15-33(16-4-1)45-48-46(34-17-5-2-6-18-34)50-47(49-45)44-37(35-29-28-32-27-26-31-14-7-8-19-36(31)40(32)30-35)22-13-25-43(44)51-41-23-11-9-20-38(41)39-21-10-12-24-42(39)51/h1-30H/i9D,10D,11D,12D,20D,21D,23D,24D. The second-order valence-electron chi connectivity index (χ2n) is 12.2. The molecule has 10 rings (SSSR count). The SMILES string of the molecule is [2H]c1c([2H])c([2H])c2c(c1[2H])c1c([2H])c([2H])c([2H])c([2H])c1n2-c1cccc(-c2ccc3ccc4ccccc4c3c2)c1-c1nc(-c2ccccc2)nc(-c2ccccc2)n1. The Labute approximate surface area is 306 Å². The summed E-state index contributed by atoms with van der Waals surface area (Å²) in [5.41, 5.74) is 3.77. The van der Waals surface area contributed by atoms with Crippen LogP contribution in [0.3, 0.4) is 0 Å². The molecular weight excluding hydrogens is 621 g/mol. The van der Waals surface area contributed by atoms with Gasteiger partial charge in [-0.05, 0) is 56.9 Å². The van der Waals surface area contributed by atoms with Crippen molar-refractivity contribution < 1.29 is 11.0 Å². The molecule has 0 aliphatic rings. The molecule has 0 aliphatic heterocycles. The lowest BCUT2D eigenvalue weighted by atomic mass is 9.93.